The SMILES string of the molecule is O=C(NC(CCc1ccccc1)C(=O)NC(CC1CCNC1=O)C(=O)COc1c(F)c(F)cc(F)c1F)c1cc2cc(F)ccc2[nH]1. The molecule has 1 fully saturated rings. The van der Waals surface area contributed by atoms with Crippen LogP contribution >= 0.6 is 0 Å². The fraction of sp³-hybridized carbons (Fsp3) is 0.273. The fourth-order valence-corrected chi connectivity index (χ4v) is 5.31. The van der Waals surface area contributed by atoms with Gasteiger partial charge in [-0.3, -0.25) is 19.2 Å². The Morgan fingerprint density at radius 2 is 1.62 bits per heavy atom. The standard InChI is InChI=1S/C33H29F5N4O5/c34-20-7-9-23-19(12-20)14-26(40-23)33(46)41-24(8-6-17-4-2-1-3-5-17)32(45)42-25(13-18-10-11-39-31(18)44)27(43)16-47-30-28(37)21(35)15-22(36)29(30)38/h1-5,7,9,12,14-15,18,24-25,40H,6,8,10-11,13,16H2,(H,39,44)(H,41,46)(H,42,45). The highest BCUT2D eigenvalue weighted by molar-refractivity contribution is 6.01. The summed E-state index contributed by atoms with van der Waals surface area (Å²) in [5.74, 6) is -12.7. The van der Waals surface area contributed by atoms with E-state index >= 15 is 0 Å². The Morgan fingerprint density at radius 1 is 0.894 bits per heavy atom. The van der Waals surface area contributed by atoms with Gasteiger partial charge in [-0.1, -0.05) is 30.3 Å². The second kappa shape index (κ2) is 14.4. The molecule has 0 saturated carbocycles. The van der Waals surface area contributed by atoms with Gasteiger partial charge in [0.05, 0.1) is 6.04 Å². The van der Waals surface area contributed by atoms with Crippen molar-refractivity contribution in [2.75, 3.05) is 13.2 Å². The van der Waals surface area contributed by atoms with Crippen molar-refractivity contribution in [2.45, 2.75) is 37.8 Å². The Kier molecular flexibility index (Phi) is 10.2. The lowest BCUT2D eigenvalue weighted by molar-refractivity contribution is -0.131. The van der Waals surface area contributed by atoms with E-state index in [0.29, 0.717) is 30.3 Å². The van der Waals surface area contributed by atoms with Gasteiger partial charge in [-0.05, 0) is 55.5 Å². The number of aromatic amines is 1. The number of hydrogen-bond donors (Lipinski definition) is 4. The number of benzene rings is 3. The summed E-state index contributed by atoms with van der Waals surface area (Å²) >= 11 is 0. The molecule has 3 unspecified atom stereocenters. The number of fused-ring (bicyclic) bond motifs is 1. The average molecular weight is 657 g/mol. The van der Waals surface area contributed by atoms with Gasteiger partial charge in [0.15, 0.2) is 23.2 Å². The molecule has 9 nitrogen and oxygen atoms in total. The van der Waals surface area contributed by atoms with Crippen LogP contribution in [0.1, 0.15) is 35.3 Å². The van der Waals surface area contributed by atoms with Crippen LogP contribution in [0.15, 0.2) is 60.7 Å². The van der Waals surface area contributed by atoms with E-state index in [9.17, 15) is 41.1 Å². The molecule has 0 spiro atoms. The summed E-state index contributed by atoms with van der Waals surface area (Å²) in [5.41, 5.74) is 1.36. The number of carbonyl (C=O) groups excluding carboxylic acids is 4. The second-order valence-electron chi connectivity index (χ2n) is 11.1. The highest BCUT2D eigenvalue weighted by Crippen LogP contribution is 2.27. The van der Waals surface area contributed by atoms with Crippen LogP contribution in [-0.2, 0) is 20.8 Å². The smallest absolute Gasteiger partial charge is 0.268 e. The summed E-state index contributed by atoms with van der Waals surface area (Å²) < 4.78 is 74.2. The zero-order valence-corrected chi connectivity index (χ0v) is 24.7. The average Bonchev–Trinajstić information content (AvgIpc) is 3.67. The van der Waals surface area contributed by atoms with Gasteiger partial charge in [0.25, 0.3) is 5.91 Å². The third-order valence-corrected chi connectivity index (χ3v) is 7.83. The lowest BCUT2D eigenvalue weighted by Crippen LogP contribution is -2.53. The van der Waals surface area contributed by atoms with E-state index in [1.165, 1.54) is 24.3 Å². The van der Waals surface area contributed by atoms with E-state index in [2.05, 4.69) is 20.9 Å². The third-order valence-electron chi connectivity index (χ3n) is 7.83. The van der Waals surface area contributed by atoms with Gasteiger partial charge >= 0.3 is 0 Å². The van der Waals surface area contributed by atoms with Crippen LogP contribution in [0.2, 0.25) is 0 Å². The van der Waals surface area contributed by atoms with E-state index in [1.54, 1.807) is 12.1 Å². The Bertz CT molecular complexity index is 1790. The molecule has 0 bridgehead atoms. The van der Waals surface area contributed by atoms with Crippen molar-refractivity contribution in [1.29, 1.82) is 0 Å². The number of H-pyrrole nitrogens is 1. The molecule has 3 amide bonds. The first-order valence-electron chi connectivity index (χ1n) is 14.7. The first-order valence-corrected chi connectivity index (χ1v) is 14.7. The zero-order valence-electron chi connectivity index (χ0n) is 24.7. The van der Waals surface area contributed by atoms with Gasteiger partial charge in [0.1, 0.15) is 24.2 Å². The molecule has 1 aliphatic rings. The number of hydrogen-bond acceptors (Lipinski definition) is 5. The Labute approximate surface area is 264 Å². The number of amides is 3. The highest BCUT2D eigenvalue weighted by atomic mass is 19.2. The molecule has 0 aliphatic carbocycles. The molecule has 3 atom stereocenters. The van der Waals surface area contributed by atoms with Gasteiger partial charge in [-0.2, -0.15) is 8.78 Å². The number of Topliss-reactive ketones (excluding diaryl/α,β-unsaturated/α-hetero) is 1. The number of nitrogens with one attached hydrogen (secondary N) is 4. The largest absolute Gasteiger partial charge is 0.479 e. The van der Waals surface area contributed by atoms with Gasteiger partial charge in [-0.15, -0.1) is 0 Å². The Balaban J connectivity index is 1.36. The Morgan fingerprint density at radius 3 is 2.30 bits per heavy atom. The fourth-order valence-electron chi connectivity index (χ4n) is 5.31. The van der Waals surface area contributed by atoms with Crippen LogP contribution < -0.4 is 20.7 Å². The molecule has 1 saturated heterocycles. The first kappa shape index (κ1) is 33.1. The molecular weight excluding hydrogens is 627 g/mol. The minimum atomic E-state index is -1.85. The normalized spacial score (nSPS) is 15.6. The number of ketones is 1. The van der Waals surface area contributed by atoms with Crippen molar-refractivity contribution in [3.8, 4) is 5.75 Å². The van der Waals surface area contributed by atoms with Crippen LogP contribution in [0.3, 0.4) is 0 Å². The maximum Gasteiger partial charge on any atom is 0.268 e. The van der Waals surface area contributed by atoms with Gasteiger partial charge in [0, 0.05) is 29.4 Å². The molecule has 1 aromatic heterocycles. The van der Waals surface area contributed by atoms with Crippen LogP contribution in [0, 0.1) is 35.0 Å². The molecule has 2 heterocycles. The van der Waals surface area contributed by atoms with Crippen molar-refractivity contribution in [1.82, 2.24) is 20.9 Å². The summed E-state index contributed by atoms with van der Waals surface area (Å²) in [7, 11) is 0. The van der Waals surface area contributed by atoms with Crippen LogP contribution in [0.4, 0.5) is 22.0 Å². The molecule has 4 N–H and O–H groups in total. The van der Waals surface area contributed by atoms with E-state index < -0.39 is 77.0 Å². The molecule has 47 heavy (non-hydrogen) atoms. The molecular formula is C33H29F5N4O5. The molecule has 5 rings (SSSR count). The topological polar surface area (TPSA) is 129 Å². The minimum absolute atomic E-state index is 0.0148. The summed E-state index contributed by atoms with van der Waals surface area (Å²) in [6, 6.07) is 11.7. The van der Waals surface area contributed by atoms with Gasteiger partial charge in [0.2, 0.25) is 23.4 Å². The van der Waals surface area contributed by atoms with Crippen LogP contribution in [-0.4, -0.2) is 53.7 Å². The quantitative estimate of drug-likeness (QED) is 0.126. The van der Waals surface area contributed by atoms with Crippen molar-refractivity contribution in [3.63, 3.8) is 0 Å². The predicted octanol–water partition coefficient (Wildman–Crippen LogP) is 4.25. The lowest BCUT2D eigenvalue weighted by Gasteiger charge is -2.24. The number of aromatic nitrogens is 1. The summed E-state index contributed by atoms with van der Waals surface area (Å²) in [5, 5.41) is 8.19. The number of aryl methyl sites for hydroxylation is 1. The lowest BCUT2D eigenvalue weighted by atomic mass is 9.95. The van der Waals surface area contributed by atoms with Crippen molar-refractivity contribution in [2.24, 2.45) is 5.92 Å². The highest BCUT2D eigenvalue weighted by Gasteiger charge is 2.34. The van der Waals surface area contributed by atoms with Crippen LogP contribution in [0.5, 0.6) is 5.75 Å². The monoisotopic (exact) mass is 656 g/mol. The van der Waals surface area contributed by atoms with Crippen LogP contribution in [0.25, 0.3) is 10.9 Å². The molecule has 246 valence electrons. The third kappa shape index (κ3) is 7.94. The maximum absolute atomic E-state index is 14.2. The molecule has 3 aromatic carbocycles. The number of rotatable bonds is 13. The second-order valence-corrected chi connectivity index (χ2v) is 11.1. The zero-order chi connectivity index (χ0) is 33.7. The van der Waals surface area contributed by atoms with Gasteiger partial charge < -0.3 is 25.7 Å². The van der Waals surface area contributed by atoms with E-state index in [1.807, 2.05) is 18.2 Å². The maximum atomic E-state index is 14.2. The minimum Gasteiger partial charge on any atom is -0.479 e. The van der Waals surface area contributed by atoms with E-state index in [-0.39, 0.29) is 30.5 Å². The number of halogens is 5. The molecule has 0 radical (unpaired) electrons. The number of ether oxygens (including phenoxy) is 1. The molecule has 4 aromatic rings. The molecule has 14 heteroatoms. The predicted molar refractivity (Wildman–Crippen MR) is 159 cm³/mol. The first-order chi connectivity index (χ1) is 22.5. The van der Waals surface area contributed by atoms with Gasteiger partial charge in [-0.25, -0.2) is 13.2 Å². The van der Waals surface area contributed by atoms with Crippen molar-refractivity contribution >= 4 is 34.4 Å². The van der Waals surface area contributed by atoms with E-state index in [0.717, 1.165) is 5.56 Å². The number of carbonyl (C=O) groups is 4. The summed E-state index contributed by atoms with van der Waals surface area (Å²) in [6.45, 7) is -0.791. The Hall–Kier alpha value is -5.27. The molecule has 1 aliphatic heterocycles. The summed E-state index contributed by atoms with van der Waals surface area (Å²) in [6.07, 6.45) is 0.492. The summed E-state index contributed by atoms with van der Waals surface area (Å²) in [4.78, 5) is 55.4. The van der Waals surface area contributed by atoms with Crippen molar-refractivity contribution < 1.29 is 45.9 Å². The van der Waals surface area contributed by atoms with Crippen molar-refractivity contribution in [3.05, 3.63) is 101 Å². The van der Waals surface area contributed by atoms with E-state index in [4.69, 9.17) is 4.74 Å².